The molecule has 0 saturated carbocycles. The van der Waals surface area contributed by atoms with Crippen molar-refractivity contribution >= 4 is 5.91 Å². The lowest BCUT2D eigenvalue weighted by Gasteiger charge is -2.32. The number of H-pyrrole nitrogens is 1. The Morgan fingerprint density at radius 1 is 1.50 bits per heavy atom. The van der Waals surface area contributed by atoms with Crippen LogP contribution in [0.15, 0.2) is 30.6 Å². The van der Waals surface area contributed by atoms with Gasteiger partial charge in [-0.15, -0.1) is 0 Å². The van der Waals surface area contributed by atoms with Gasteiger partial charge in [-0.25, -0.2) is 9.37 Å². The summed E-state index contributed by atoms with van der Waals surface area (Å²) in [4.78, 5) is 22.0. The zero-order chi connectivity index (χ0) is 16.9. The third-order valence-electron chi connectivity index (χ3n) is 4.16. The van der Waals surface area contributed by atoms with Crippen molar-refractivity contribution in [3.8, 4) is 5.75 Å². The quantitative estimate of drug-likeness (QED) is 0.876. The van der Waals surface area contributed by atoms with Crippen molar-refractivity contribution in [2.75, 3.05) is 26.2 Å². The van der Waals surface area contributed by atoms with Crippen molar-refractivity contribution in [3.05, 3.63) is 47.8 Å². The summed E-state index contributed by atoms with van der Waals surface area (Å²) in [5, 5.41) is 0. The fourth-order valence-electron chi connectivity index (χ4n) is 3.02. The number of amides is 1. The number of carbonyl (C=O) groups excluding carboxylic acids is 1. The SMILES string of the molecule is NCCOc1ccc(F)cc1C(=O)N1CCC[C@H](c2ncc[nH]2)C1. The molecular weight excluding hydrogens is 311 g/mol. The number of nitrogens with two attached hydrogens (primary N) is 1. The van der Waals surface area contributed by atoms with Gasteiger partial charge in [0.25, 0.3) is 5.91 Å². The van der Waals surface area contributed by atoms with E-state index >= 15 is 0 Å². The Kier molecular flexibility index (Phi) is 5.10. The number of aromatic nitrogens is 2. The molecule has 2 aromatic rings. The third-order valence-corrected chi connectivity index (χ3v) is 4.16. The second-order valence-corrected chi connectivity index (χ2v) is 5.84. The van der Waals surface area contributed by atoms with Crippen LogP contribution in [0.5, 0.6) is 5.75 Å². The number of hydrogen-bond acceptors (Lipinski definition) is 4. The summed E-state index contributed by atoms with van der Waals surface area (Å²) < 4.78 is 19.1. The summed E-state index contributed by atoms with van der Waals surface area (Å²) in [7, 11) is 0. The monoisotopic (exact) mass is 332 g/mol. The van der Waals surface area contributed by atoms with E-state index in [4.69, 9.17) is 10.5 Å². The normalized spacial score (nSPS) is 17.8. The van der Waals surface area contributed by atoms with Gasteiger partial charge in [0.2, 0.25) is 0 Å². The number of imidazole rings is 1. The van der Waals surface area contributed by atoms with Crippen molar-refractivity contribution in [2.24, 2.45) is 5.73 Å². The standard InChI is InChI=1S/C17H21FN4O2/c18-13-3-4-15(24-9-5-19)14(10-13)17(23)22-8-1-2-12(11-22)16-20-6-7-21-16/h3-4,6-7,10,12H,1-2,5,8-9,11,19H2,(H,20,21)/t12-/m0/s1. The van der Waals surface area contributed by atoms with Gasteiger partial charge in [0.05, 0.1) is 5.56 Å². The molecule has 1 aromatic carbocycles. The first-order valence-electron chi connectivity index (χ1n) is 8.10. The van der Waals surface area contributed by atoms with Crippen molar-refractivity contribution in [3.63, 3.8) is 0 Å². The number of carbonyl (C=O) groups is 1. The molecule has 2 heterocycles. The van der Waals surface area contributed by atoms with Crippen molar-refractivity contribution in [1.82, 2.24) is 14.9 Å². The van der Waals surface area contributed by atoms with Crippen LogP contribution in [0.4, 0.5) is 4.39 Å². The molecule has 1 saturated heterocycles. The molecule has 7 heteroatoms. The van der Waals surface area contributed by atoms with Crippen LogP contribution in [-0.2, 0) is 0 Å². The number of halogens is 1. The third kappa shape index (κ3) is 3.56. The smallest absolute Gasteiger partial charge is 0.257 e. The highest BCUT2D eigenvalue weighted by Crippen LogP contribution is 2.28. The second kappa shape index (κ2) is 7.44. The molecule has 0 spiro atoms. The highest BCUT2D eigenvalue weighted by molar-refractivity contribution is 5.97. The molecule has 0 radical (unpaired) electrons. The second-order valence-electron chi connectivity index (χ2n) is 5.84. The van der Waals surface area contributed by atoms with Crippen molar-refractivity contribution in [1.29, 1.82) is 0 Å². The van der Waals surface area contributed by atoms with Crippen LogP contribution in [0.1, 0.15) is 34.9 Å². The van der Waals surface area contributed by atoms with Gasteiger partial charge >= 0.3 is 0 Å². The van der Waals surface area contributed by atoms with Gasteiger partial charge in [-0.3, -0.25) is 4.79 Å². The van der Waals surface area contributed by atoms with Crippen LogP contribution in [-0.4, -0.2) is 47.0 Å². The maximum atomic E-state index is 13.6. The number of benzene rings is 1. The van der Waals surface area contributed by atoms with Gasteiger partial charge < -0.3 is 20.4 Å². The average molecular weight is 332 g/mol. The molecule has 24 heavy (non-hydrogen) atoms. The van der Waals surface area contributed by atoms with E-state index in [-0.39, 0.29) is 24.0 Å². The Labute approximate surface area is 139 Å². The number of nitrogens with one attached hydrogen (secondary N) is 1. The number of piperidine rings is 1. The van der Waals surface area contributed by atoms with Crippen LogP contribution in [0, 0.1) is 5.82 Å². The molecule has 1 atom stereocenters. The van der Waals surface area contributed by atoms with Crippen LogP contribution in [0.3, 0.4) is 0 Å². The van der Waals surface area contributed by atoms with E-state index in [1.54, 1.807) is 17.3 Å². The number of aromatic amines is 1. The molecule has 1 aromatic heterocycles. The van der Waals surface area contributed by atoms with Crippen LogP contribution < -0.4 is 10.5 Å². The molecule has 1 aliphatic rings. The van der Waals surface area contributed by atoms with E-state index in [0.717, 1.165) is 18.7 Å². The molecular formula is C17H21FN4O2. The number of rotatable bonds is 5. The Morgan fingerprint density at radius 3 is 3.12 bits per heavy atom. The molecule has 3 N–H and O–H groups in total. The summed E-state index contributed by atoms with van der Waals surface area (Å²) >= 11 is 0. The summed E-state index contributed by atoms with van der Waals surface area (Å²) in [6, 6.07) is 3.99. The minimum Gasteiger partial charge on any atom is -0.491 e. The van der Waals surface area contributed by atoms with E-state index < -0.39 is 5.82 Å². The molecule has 1 fully saturated rings. The predicted octanol–water partition coefficient (Wildman–Crippen LogP) is 1.91. The minimum absolute atomic E-state index is 0.166. The van der Waals surface area contributed by atoms with E-state index in [1.165, 1.54) is 18.2 Å². The highest BCUT2D eigenvalue weighted by atomic mass is 19.1. The first-order chi connectivity index (χ1) is 11.7. The van der Waals surface area contributed by atoms with Gasteiger partial charge in [-0.05, 0) is 31.0 Å². The van der Waals surface area contributed by atoms with E-state index in [0.29, 0.717) is 25.4 Å². The van der Waals surface area contributed by atoms with Crippen LogP contribution in [0.2, 0.25) is 0 Å². The average Bonchev–Trinajstić information content (AvgIpc) is 3.15. The molecule has 0 aliphatic carbocycles. The number of hydrogen-bond donors (Lipinski definition) is 2. The zero-order valence-corrected chi connectivity index (χ0v) is 13.4. The Balaban J connectivity index is 1.79. The molecule has 128 valence electrons. The summed E-state index contributed by atoms with van der Waals surface area (Å²) in [5.41, 5.74) is 5.68. The number of ether oxygens (including phenoxy) is 1. The Bertz CT molecular complexity index is 690. The summed E-state index contributed by atoms with van der Waals surface area (Å²) in [5.74, 6) is 0.730. The largest absolute Gasteiger partial charge is 0.491 e. The lowest BCUT2D eigenvalue weighted by molar-refractivity contribution is 0.0700. The number of nitrogens with zero attached hydrogens (tertiary/aromatic N) is 2. The minimum atomic E-state index is -0.460. The lowest BCUT2D eigenvalue weighted by atomic mass is 9.96. The predicted molar refractivity (Wildman–Crippen MR) is 87.4 cm³/mol. The van der Waals surface area contributed by atoms with Crippen molar-refractivity contribution < 1.29 is 13.9 Å². The van der Waals surface area contributed by atoms with Gasteiger partial charge in [0.1, 0.15) is 24.0 Å². The number of likely N-dealkylation sites (tertiary alicyclic amines) is 1. The van der Waals surface area contributed by atoms with Gasteiger partial charge in [-0.1, -0.05) is 0 Å². The van der Waals surface area contributed by atoms with Crippen LogP contribution >= 0.6 is 0 Å². The Hall–Kier alpha value is -2.41. The van der Waals surface area contributed by atoms with Gasteiger partial charge in [-0.2, -0.15) is 0 Å². The molecule has 1 aliphatic heterocycles. The molecule has 1 amide bonds. The molecule has 0 bridgehead atoms. The summed E-state index contributed by atoms with van der Waals surface area (Å²) in [6.07, 6.45) is 5.34. The lowest BCUT2D eigenvalue weighted by Crippen LogP contribution is -2.39. The first-order valence-corrected chi connectivity index (χ1v) is 8.10. The molecule has 6 nitrogen and oxygen atoms in total. The fourth-order valence-corrected chi connectivity index (χ4v) is 3.02. The van der Waals surface area contributed by atoms with Crippen LogP contribution in [0.25, 0.3) is 0 Å². The summed E-state index contributed by atoms with van der Waals surface area (Å²) in [6.45, 7) is 1.80. The van der Waals surface area contributed by atoms with Crippen molar-refractivity contribution in [2.45, 2.75) is 18.8 Å². The fraction of sp³-hybridized carbons (Fsp3) is 0.412. The molecule has 3 rings (SSSR count). The Morgan fingerprint density at radius 2 is 2.38 bits per heavy atom. The maximum absolute atomic E-state index is 13.6. The van der Waals surface area contributed by atoms with Gasteiger partial charge in [0, 0.05) is 37.9 Å². The maximum Gasteiger partial charge on any atom is 0.257 e. The van der Waals surface area contributed by atoms with E-state index in [2.05, 4.69) is 9.97 Å². The van der Waals surface area contributed by atoms with E-state index in [9.17, 15) is 9.18 Å². The highest BCUT2D eigenvalue weighted by Gasteiger charge is 2.28. The first kappa shape index (κ1) is 16.4. The van der Waals surface area contributed by atoms with Gasteiger partial charge in [0.15, 0.2) is 0 Å². The van der Waals surface area contributed by atoms with E-state index in [1.807, 2.05) is 0 Å². The molecule has 0 unspecified atom stereocenters. The zero-order valence-electron chi connectivity index (χ0n) is 13.4. The topological polar surface area (TPSA) is 84.2 Å².